The van der Waals surface area contributed by atoms with Gasteiger partial charge in [0.2, 0.25) is 5.44 Å². The average molecular weight is 385 g/mol. The fraction of sp³-hybridized carbons (Fsp3) is 0.412. The summed E-state index contributed by atoms with van der Waals surface area (Å²) in [5.41, 5.74) is 0.924. The molecule has 6 nitrogen and oxygen atoms in total. The minimum atomic E-state index is -3.79. The molecule has 8 heteroatoms. The Morgan fingerprint density at radius 3 is 2.28 bits per heavy atom. The van der Waals surface area contributed by atoms with Gasteiger partial charge in [-0.25, -0.2) is 4.98 Å². The molecule has 136 valence electrons. The van der Waals surface area contributed by atoms with Gasteiger partial charge in [0.05, 0.1) is 18.9 Å². The van der Waals surface area contributed by atoms with Crippen LogP contribution in [0, 0.1) is 0 Å². The van der Waals surface area contributed by atoms with Crippen LogP contribution in [-0.4, -0.2) is 22.8 Å². The maximum absolute atomic E-state index is 12.9. The minimum absolute atomic E-state index is 0.132. The number of hydrogen-bond donors (Lipinski definition) is 0. The maximum Gasteiger partial charge on any atom is 0.385 e. The van der Waals surface area contributed by atoms with Crippen molar-refractivity contribution < 1.29 is 13.6 Å². The van der Waals surface area contributed by atoms with E-state index in [1.807, 2.05) is 30.3 Å². The van der Waals surface area contributed by atoms with Crippen molar-refractivity contribution in [2.45, 2.75) is 26.7 Å². The van der Waals surface area contributed by atoms with E-state index in [0.717, 1.165) is 5.56 Å². The average Bonchev–Trinajstić information content (AvgIpc) is 2.59. The van der Waals surface area contributed by atoms with Gasteiger partial charge in [-0.05, 0) is 32.3 Å². The van der Waals surface area contributed by atoms with E-state index in [-0.39, 0.29) is 23.8 Å². The van der Waals surface area contributed by atoms with E-state index in [4.69, 9.17) is 20.6 Å². The van der Waals surface area contributed by atoms with Crippen molar-refractivity contribution in [3.8, 4) is 0 Å². The molecule has 0 spiro atoms. The molecule has 0 atom stereocenters. The first-order valence-corrected chi connectivity index (χ1v) is 10.0. The lowest BCUT2D eigenvalue weighted by atomic mass is 10.1. The number of benzene rings is 1. The van der Waals surface area contributed by atoms with Gasteiger partial charge >= 0.3 is 7.60 Å². The van der Waals surface area contributed by atoms with Gasteiger partial charge in [-0.1, -0.05) is 41.9 Å². The zero-order valence-corrected chi connectivity index (χ0v) is 16.2. The van der Waals surface area contributed by atoms with Gasteiger partial charge in [-0.15, -0.1) is 0 Å². The molecule has 1 heterocycles. The third kappa shape index (κ3) is 4.59. The highest BCUT2D eigenvalue weighted by molar-refractivity contribution is 7.61. The van der Waals surface area contributed by atoms with Gasteiger partial charge < -0.3 is 13.6 Å². The van der Waals surface area contributed by atoms with Crippen LogP contribution in [0.2, 0.25) is 5.15 Å². The van der Waals surface area contributed by atoms with E-state index in [9.17, 15) is 9.36 Å². The molecular formula is C17H22ClN2O4P. The Morgan fingerprint density at radius 2 is 1.72 bits per heavy atom. The molecule has 25 heavy (non-hydrogen) atoms. The Morgan fingerprint density at radius 1 is 1.12 bits per heavy atom. The molecule has 0 aliphatic carbocycles. The van der Waals surface area contributed by atoms with Crippen molar-refractivity contribution in [2.24, 2.45) is 7.05 Å². The molecule has 0 aliphatic heterocycles. The third-order valence-corrected chi connectivity index (χ3v) is 6.00. The molecule has 0 radical (unpaired) electrons. The van der Waals surface area contributed by atoms with Crippen molar-refractivity contribution in [2.75, 3.05) is 13.2 Å². The standard InChI is InChI=1S/C17H22ClN2O4P/c1-4-23-25(22,24-5-2)16-17(21)20(3)14(15(18)19-16)12-11-13-9-7-6-8-10-13/h6-10H,4-5,11-12H2,1-3H3. The molecule has 0 aliphatic rings. The number of hydrogen-bond acceptors (Lipinski definition) is 5. The van der Waals surface area contributed by atoms with Gasteiger partial charge in [-0.3, -0.25) is 9.36 Å². The number of halogens is 1. The Kier molecular flexibility index (Phi) is 6.96. The van der Waals surface area contributed by atoms with Gasteiger partial charge in [0.15, 0.2) is 0 Å². The molecule has 2 rings (SSSR count). The van der Waals surface area contributed by atoms with Crippen LogP contribution >= 0.6 is 19.2 Å². The van der Waals surface area contributed by atoms with Crippen molar-refractivity contribution >= 4 is 24.6 Å². The summed E-state index contributed by atoms with van der Waals surface area (Å²) in [4.78, 5) is 16.7. The van der Waals surface area contributed by atoms with Crippen LogP contribution < -0.4 is 11.0 Å². The number of rotatable bonds is 8. The molecule has 1 aromatic heterocycles. The van der Waals surface area contributed by atoms with Gasteiger partial charge in [-0.2, -0.15) is 0 Å². The maximum atomic E-state index is 12.9. The predicted molar refractivity (Wildman–Crippen MR) is 98.8 cm³/mol. The smallest absolute Gasteiger partial charge is 0.310 e. The Labute approximate surface area is 152 Å². The summed E-state index contributed by atoms with van der Waals surface area (Å²) in [5, 5.41) is 0.132. The number of aryl methyl sites for hydroxylation is 1. The highest BCUT2D eigenvalue weighted by atomic mass is 35.5. The molecule has 0 saturated heterocycles. The van der Waals surface area contributed by atoms with Crippen molar-refractivity contribution in [1.29, 1.82) is 0 Å². The SMILES string of the molecule is CCOP(=O)(OCC)c1nc(Cl)c(CCc2ccccc2)n(C)c1=O. The summed E-state index contributed by atoms with van der Waals surface area (Å²) in [6.07, 6.45) is 1.25. The monoisotopic (exact) mass is 384 g/mol. The molecule has 0 fully saturated rings. The van der Waals surface area contributed by atoms with E-state index in [0.29, 0.717) is 18.5 Å². The summed E-state index contributed by atoms with van der Waals surface area (Å²) >= 11 is 6.28. The Hall–Kier alpha value is -1.46. The summed E-state index contributed by atoms with van der Waals surface area (Å²) in [5.74, 6) is 0. The van der Waals surface area contributed by atoms with Crippen LogP contribution in [0.1, 0.15) is 25.1 Å². The molecule has 0 N–H and O–H groups in total. The van der Waals surface area contributed by atoms with Crippen molar-refractivity contribution in [1.82, 2.24) is 9.55 Å². The summed E-state index contributed by atoms with van der Waals surface area (Å²) in [6, 6.07) is 9.87. The molecule has 1 aromatic carbocycles. The van der Waals surface area contributed by atoms with Crippen LogP contribution in [0.25, 0.3) is 0 Å². The molecule has 0 bridgehead atoms. The number of aromatic nitrogens is 2. The predicted octanol–water partition coefficient (Wildman–Crippen LogP) is 3.11. The van der Waals surface area contributed by atoms with Crippen molar-refractivity contribution in [3.05, 3.63) is 57.1 Å². The molecule has 0 amide bonds. The summed E-state index contributed by atoms with van der Waals surface area (Å²) in [7, 11) is -2.20. The zero-order chi connectivity index (χ0) is 18.4. The van der Waals surface area contributed by atoms with E-state index in [2.05, 4.69) is 4.98 Å². The Balaban J connectivity index is 2.38. The summed E-state index contributed by atoms with van der Waals surface area (Å²) < 4.78 is 24.7. The highest BCUT2D eigenvalue weighted by Gasteiger charge is 2.34. The molecule has 0 saturated carbocycles. The fourth-order valence-corrected chi connectivity index (χ4v) is 4.44. The summed E-state index contributed by atoms with van der Waals surface area (Å²) in [6.45, 7) is 3.61. The van der Waals surface area contributed by atoms with Crippen LogP contribution in [0.15, 0.2) is 35.1 Å². The van der Waals surface area contributed by atoms with Crippen molar-refractivity contribution in [3.63, 3.8) is 0 Å². The lowest BCUT2D eigenvalue weighted by Crippen LogP contribution is -2.38. The number of nitrogens with zero attached hydrogens (tertiary/aromatic N) is 2. The van der Waals surface area contributed by atoms with Gasteiger partial charge in [0.25, 0.3) is 5.56 Å². The lowest BCUT2D eigenvalue weighted by Gasteiger charge is -2.18. The zero-order valence-electron chi connectivity index (χ0n) is 14.6. The fourth-order valence-electron chi connectivity index (χ4n) is 2.47. The second-order valence-corrected chi connectivity index (χ2v) is 7.65. The van der Waals surface area contributed by atoms with E-state index in [1.54, 1.807) is 20.9 Å². The van der Waals surface area contributed by atoms with E-state index >= 15 is 0 Å². The van der Waals surface area contributed by atoms with Crippen LogP contribution in [0.5, 0.6) is 0 Å². The minimum Gasteiger partial charge on any atom is -0.310 e. The molecule has 0 unspecified atom stereocenters. The molecule has 2 aromatic rings. The normalized spacial score (nSPS) is 11.7. The van der Waals surface area contributed by atoms with Crippen LogP contribution in [-0.2, 0) is 33.5 Å². The second-order valence-electron chi connectivity index (χ2n) is 5.36. The second kappa shape index (κ2) is 8.77. The first kappa shape index (κ1) is 19.9. The lowest BCUT2D eigenvalue weighted by molar-refractivity contribution is 0.229. The van der Waals surface area contributed by atoms with Crippen LogP contribution in [0.4, 0.5) is 0 Å². The Bertz CT molecular complexity index is 813. The first-order chi connectivity index (χ1) is 11.9. The largest absolute Gasteiger partial charge is 0.385 e. The molecular weight excluding hydrogens is 363 g/mol. The quantitative estimate of drug-likeness (QED) is 0.654. The van der Waals surface area contributed by atoms with Gasteiger partial charge in [0, 0.05) is 7.05 Å². The van der Waals surface area contributed by atoms with Crippen LogP contribution in [0.3, 0.4) is 0 Å². The first-order valence-electron chi connectivity index (χ1n) is 8.12. The van der Waals surface area contributed by atoms with E-state index in [1.165, 1.54) is 4.57 Å². The van der Waals surface area contributed by atoms with E-state index < -0.39 is 13.2 Å². The van der Waals surface area contributed by atoms with Gasteiger partial charge in [0.1, 0.15) is 5.15 Å². The highest BCUT2D eigenvalue weighted by Crippen LogP contribution is 2.45. The topological polar surface area (TPSA) is 70.4 Å². The third-order valence-electron chi connectivity index (χ3n) is 3.69.